The minimum Gasteiger partial charge on any atom is -0.507 e. The zero-order chi connectivity index (χ0) is 17.6. The van der Waals surface area contributed by atoms with Crippen LogP contribution in [0.5, 0.6) is 5.75 Å². The van der Waals surface area contributed by atoms with Crippen LogP contribution in [0.3, 0.4) is 0 Å². The highest BCUT2D eigenvalue weighted by Gasteiger charge is 2.35. The van der Waals surface area contributed by atoms with Crippen molar-refractivity contribution in [2.24, 2.45) is 0 Å². The Morgan fingerprint density at radius 2 is 2.16 bits per heavy atom. The summed E-state index contributed by atoms with van der Waals surface area (Å²) in [5, 5.41) is 20.1. The molecular weight excluding hydrogens is 322 g/mol. The molecule has 1 saturated carbocycles. The molecule has 1 atom stereocenters. The van der Waals surface area contributed by atoms with Gasteiger partial charge in [-0.25, -0.2) is 4.79 Å². The lowest BCUT2D eigenvalue weighted by Crippen LogP contribution is -2.25. The standard InChI is InChI=1S/C18H19N3O4/c1-25-18(24)12-7-10(5-6-13(12)22)11-8-14(23)19-17-15(11)16(20-21-17)9-3-2-4-9/h5-7,9,11,22H,2-4,8H2,1H3,(H2,19,20,21,23). The van der Waals surface area contributed by atoms with Crippen molar-refractivity contribution in [1.82, 2.24) is 10.2 Å². The number of amides is 1. The van der Waals surface area contributed by atoms with E-state index in [2.05, 4.69) is 15.5 Å². The van der Waals surface area contributed by atoms with Crippen molar-refractivity contribution in [2.75, 3.05) is 12.4 Å². The van der Waals surface area contributed by atoms with Crippen LogP contribution in [0, 0.1) is 0 Å². The highest BCUT2D eigenvalue weighted by atomic mass is 16.5. The minimum absolute atomic E-state index is 0.0984. The number of nitrogens with one attached hydrogen (secondary N) is 2. The van der Waals surface area contributed by atoms with E-state index in [1.165, 1.54) is 19.6 Å². The van der Waals surface area contributed by atoms with Crippen LogP contribution in [0.1, 0.15) is 64.7 Å². The number of ether oxygens (including phenoxy) is 1. The van der Waals surface area contributed by atoms with E-state index < -0.39 is 5.97 Å². The van der Waals surface area contributed by atoms with E-state index in [1.807, 2.05) is 0 Å². The van der Waals surface area contributed by atoms with E-state index in [0.29, 0.717) is 11.7 Å². The zero-order valence-corrected chi connectivity index (χ0v) is 13.8. The monoisotopic (exact) mass is 341 g/mol. The lowest BCUT2D eigenvalue weighted by atomic mass is 9.76. The SMILES string of the molecule is COC(=O)c1cc(C2CC(=O)Nc3n[nH]c(C4CCC4)c32)ccc1O. The molecule has 1 aromatic heterocycles. The second kappa shape index (κ2) is 5.91. The molecule has 1 amide bonds. The molecule has 7 nitrogen and oxygen atoms in total. The van der Waals surface area contributed by atoms with Gasteiger partial charge in [0.1, 0.15) is 11.3 Å². The Labute approximate surface area is 144 Å². The minimum atomic E-state index is -0.605. The number of phenols is 1. The number of esters is 1. The molecule has 1 aliphatic heterocycles. The first kappa shape index (κ1) is 15.7. The number of rotatable bonds is 3. The number of hydrogen-bond donors (Lipinski definition) is 3. The average Bonchev–Trinajstić information content (AvgIpc) is 2.95. The highest BCUT2D eigenvalue weighted by Crippen LogP contribution is 2.45. The molecule has 7 heteroatoms. The number of benzene rings is 1. The molecule has 3 N–H and O–H groups in total. The van der Waals surface area contributed by atoms with Gasteiger partial charge in [-0.2, -0.15) is 5.10 Å². The fourth-order valence-electron chi connectivity index (χ4n) is 3.62. The molecule has 0 bridgehead atoms. The maximum absolute atomic E-state index is 12.1. The van der Waals surface area contributed by atoms with Crippen molar-refractivity contribution in [3.63, 3.8) is 0 Å². The van der Waals surface area contributed by atoms with Crippen LogP contribution >= 0.6 is 0 Å². The van der Waals surface area contributed by atoms with Crippen molar-refractivity contribution in [3.05, 3.63) is 40.6 Å². The fourth-order valence-corrected chi connectivity index (χ4v) is 3.62. The molecule has 1 aromatic carbocycles. The summed E-state index contributed by atoms with van der Waals surface area (Å²) < 4.78 is 4.73. The predicted molar refractivity (Wildman–Crippen MR) is 89.7 cm³/mol. The van der Waals surface area contributed by atoms with Crippen LogP contribution in [0.4, 0.5) is 5.82 Å². The van der Waals surface area contributed by atoms with Gasteiger partial charge >= 0.3 is 5.97 Å². The topological polar surface area (TPSA) is 104 Å². The summed E-state index contributed by atoms with van der Waals surface area (Å²) in [6, 6.07) is 4.81. The molecule has 4 rings (SSSR count). The smallest absolute Gasteiger partial charge is 0.341 e. The van der Waals surface area contributed by atoms with Crippen LogP contribution < -0.4 is 5.32 Å². The molecule has 2 aromatic rings. The van der Waals surface area contributed by atoms with Gasteiger partial charge in [0, 0.05) is 29.5 Å². The molecular formula is C18H19N3O4. The van der Waals surface area contributed by atoms with Crippen molar-refractivity contribution in [1.29, 1.82) is 0 Å². The number of aromatic hydroxyl groups is 1. The third kappa shape index (κ3) is 2.56. The Hall–Kier alpha value is -2.83. The normalized spacial score (nSPS) is 19.7. The fraction of sp³-hybridized carbons (Fsp3) is 0.389. The zero-order valence-electron chi connectivity index (χ0n) is 13.8. The number of carbonyl (C=O) groups is 2. The van der Waals surface area contributed by atoms with Gasteiger partial charge < -0.3 is 15.2 Å². The molecule has 25 heavy (non-hydrogen) atoms. The second-order valence-electron chi connectivity index (χ2n) is 6.60. The largest absolute Gasteiger partial charge is 0.507 e. The number of nitrogens with zero attached hydrogens (tertiary/aromatic N) is 1. The number of H-pyrrole nitrogens is 1. The lowest BCUT2D eigenvalue weighted by molar-refractivity contribution is -0.116. The van der Waals surface area contributed by atoms with Gasteiger partial charge in [0.2, 0.25) is 5.91 Å². The summed E-state index contributed by atoms with van der Waals surface area (Å²) in [5.41, 5.74) is 2.95. The Kier molecular flexibility index (Phi) is 3.71. The van der Waals surface area contributed by atoms with E-state index in [9.17, 15) is 14.7 Å². The number of anilines is 1. The number of carbonyl (C=O) groups excluding carboxylic acids is 2. The van der Waals surface area contributed by atoms with Crippen LogP contribution in [0.25, 0.3) is 0 Å². The maximum Gasteiger partial charge on any atom is 0.341 e. The first-order valence-electron chi connectivity index (χ1n) is 8.37. The van der Waals surface area contributed by atoms with E-state index in [-0.39, 0.29) is 29.6 Å². The van der Waals surface area contributed by atoms with Crippen LogP contribution in [-0.4, -0.2) is 34.3 Å². The molecule has 130 valence electrons. The lowest BCUT2D eigenvalue weighted by Gasteiger charge is -2.29. The molecule has 2 aliphatic rings. The van der Waals surface area contributed by atoms with E-state index in [0.717, 1.165) is 29.7 Å². The number of fused-ring (bicyclic) bond motifs is 1. The van der Waals surface area contributed by atoms with Crippen molar-refractivity contribution < 1.29 is 19.4 Å². The van der Waals surface area contributed by atoms with Crippen molar-refractivity contribution in [2.45, 2.75) is 37.5 Å². The summed E-state index contributed by atoms with van der Waals surface area (Å²) in [6.07, 6.45) is 3.69. The third-order valence-corrected chi connectivity index (χ3v) is 5.17. The quantitative estimate of drug-likeness (QED) is 0.745. The van der Waals surface area contributed by atoms with Crippen LogP contribution in [-0.2, 0) is 9.53 Å². The van der Waals surface area contributed by atoms with Crippen molar-refractivity contribution >= 4 is 17.7 Å². The third-order valence-electron chi connectivity index (χ3n) is 5.17. The van der Waals surface area contributed by atoms with Gasteiger partial charge in [0.25, 0.3) is 0 Å². The Morgan fingerprint density at radius 3 is 2.84 bits per heavy atom. The summed E-state index contributed by atoms with van der Waals surface area (Å²) in [6.45, 7) is 0. The molecule has 0 radical (unpaired) electrons. The van der Waals surface area contributed by atoms with Crippen LogP contribution in [0.2, 0.25) is 0 Å². The van der Waals surface area contributed by atoms with E-state index in [4.69, 9.17) is 4.74 Å². The van der Waals surface area contributed by atoms with E-state index >= 15 is 0 Å². The molecule has 1 fully saturated rings. The number of aromatic amines is 1. The summed E-state index contributed by atoms with van der Waals surface area (Å²) >= 11 is 0. The Morgan fingerprint density at radius 1 is 1.36 bits per heavy atom. The van der Waals surface area contributed by atoms with Gasteiger partial charge in [-0.3, -0.25) is 9.89 Å². The molecule has 0 saturated heterocycles. The summed E-state index contributed by atoms with van der Waals surface area (Å²) in [5.74, 6) is -0.0607. The second-order valence-corrected chi connectivity index (χ2v) is 6.60. The average molecular weight is 341 g/mol. The van der Waals surface area contributed by atoms with Crippen molar-refractivity contribution in [3.8, 4) is 5.75 Å². The predicted octanol–water partition coefficient (Wildman–Crippen LogP) is 2.64. The molecule has 1 aliphatic carbocycles. The number of hydrogen-bond acceptors (Lipinski definition) is 5. The first-order chi connectivity index (χ1) is 12.1. The number of aromatic nitrogens is 2. The number of phenolic OH excluding ortho intramolecular Hbond substituents is 1. The highest BCUT2D eigenvalue weighted by molar-refractivity contribution is 5.95. The van der Waals surface area contributed by atoms with Gasteiger partial charge in [0.05, 0.1) is 7.11 Å². The first-order valence-corrected chi connectivity index (χ1v) is 8.37. The molecule has 0 spiro atoms. The molecule has 2 heterocycles. The maximum atomic E-state index is 12.1. The van der Waals surface area contributed by atoms with Gasteiger partial charge in [-0.05, 0) is 30.5 Å². The van der Waals surface area contributed by atoms with E-state index in [1.54, 1.807) is 12.1 Å². The van der Waals surface area contributed by atoms with Gasteiger partial charge in [-0.1, -0.05) is 12.5 Å². The van der Waals surface area contributed by atoms with Gasteiger partial charge in [-0.15, -0.1) is 0 Å². The number of methoxy groups -OCH3 is 1. The van der Waals surface area contributed by atoms with Crippen LogP contribution in [0.15, 0.2) is 18.2 Å². The van der Waals surface area contributed by atoms with Gasteiger partial charge in [0.15, 0.2) is 5.82 Å². The summed E-state index contributed by atoms with van der Waals surface area (Å²) in [7, 11) is 1.27. The Balaban J connectivity index is 1.80. The molecule has 1 unspecified atom stereocenters. The Bertz CT molecular complexity index is 854. The summed E-state index contributed by atoms with van der Waals surface area (Å²) in [4.78, 5) is 24.0.